The van der Waals surface area contributed by atoms with Crippen molar-refractivity contribution in [3.8, 4) is 23.0 Å². The maximum absolute atomic E-state index is 13.5. The number of phenols is 1. The number of fused-ring (bicyclic) bond motifs is 1. The number of carbonyl (C=O) groups is 2. The number of hydrogen-bond donors (Lipinski definition) is 2. The highest BCUT2D eigenvalue weighted by molar-refractivity contribution is 7.22. The first-order valence-electron chi connectivity index (χ1n) is 11.7. The highest BCUT2D eigenvalue weighted by atomic mass is 32.1. The second-order valence-corrected chi connectivity index (χ2v) is 9.40. The van der Waals surface area contributed by atoms with Crippen molar-refractivity contribution in [2.75, 3.05) is 25.7 Å². The molecular weight excluding hydrogens is 508 g/mol. The number of aliphatic hydroxyl groups excluding tert-OH is 1. The summed E-state index contributed by atoms with van der Waals surface area (Å²) < 4.78 is 16.9. The molecule has 0 aliphatic carbocycles. The molecule has 3 aromatic carbocycles. The molecule has 1 aromatic heterocycles. The van der Waals surface area contributed by atoms with Crippen molar-refractivity contribution >= 4 is 44.1 Å². The quantitative estimate of drug-likeness (QED) is 0.193. The van der Waals surface area contributed by atoms with Crippen molar-refractivity contribution in [1.29, 1.82) is 0 Å². The van der Waals surface area contributed by atoms with Crippen molar-refractivity contribution < 1.29 is 34.0 Å². The Balaban J connectivity index is 1.72. The highest BCUT2D eigenvalue weighted by Gasteiger charge is 2.48. The van der Waals surface area contributed by atoms with Crippen LogP contribution in [-0.2, 0) is 9.59 Å². The Bertz CT molecular complexity index is 1590. The third-order valence-corrected chi connectivity index (χ3v) is 7.19. The molecule has 1 unspecified atom stereocenters. The van der Waals surface area contributed by atoms with Gasteiger partial charge in [-0.25, -0.2) is 4.98 Å². The number of thiazole rings is 1. The normalized spacial score (nSPS) is 16.7. The Hall–Kier alpha value is -4.57. The van der Waals surface area contributed by atoms with Crippen LogP contribution in [0.5, 0.6) is 23.0 Å². The molecule has 0 saturated carbocycles. The van der Waals surface area contributed by atoms with Crippen LogP contribution in [0.4, 0.5) is 5.13 Å². The number of Topliss-reactive ketones (excluding diaryl/α,β-unsaturated/α-hetero) is 1. The predicted octanol–water partition coefficient (Wildman–Crippen LogP) is 5.04. The first-order valence-corrected chi connectivity index (χ1v) is 12.5. The Morgan fingerprint density at radius 2 is 1.84 bits per heavy atom. The lowest BCUT2D eigenvalue weighted by Gasteiger charge is -2.23. The molecule has 1 amide bonds. The summed E-state index contributed by atoms with van der Waals surface area (Å²) in [4.78, 5) is 32.8. The zero-order valence-corrected chi connectivity index (χ0v) is 21.6. The molecule has 1 saturated heterocycles. The van der Waals surface area contributed by atoms with Gasteiger partial charge in [-0.15, -0.1) is 0 Å². The summed E-state index contributed by atoms with van der Waals surface area (Å²) in [7, 11) is 2.95. The molecule has 1 atom stereocenters. The average Bonchev–Trinajstić information content (AvgIpc) is 3.46. The fourth-order valence-corrected chi connectivity index (χ4v) is 5.41. The molecule has 2 heterocycles. The van der Waals surface area contributed by atoms with Crippen LogP contribution in [0.25, 0.3) is 16.0 Å². The first-order chi connectivity index (χ1) is 18.4. The van der Waals surface area contributed by atoms with Crippen LogP contribution in [0.1, 0.15) is 24.1 Å². The lowest BCUT2D eigenvalue weighted by molar-refractivity contribution is -0.132. The van der Waals surface area contributed by atoms with Gasteiger partial charge in [0, 0.05) is 5.56 Å². The van der Waals surface area contributed by atoms with Crippen LogP contribution in [0.3, 0.4) is 0 Å². The van der Waals surface area contributed by atoms with Gasteiger partial charge in [-0.2, -0.15) is 0 Å². The van der Waals surface area contributed by atoms with E-state index in [0.29, 0.717) is 34.7 Å². The number of aromatic hydroxyl groups is 1. The number of ether oxygens (including phenoxy) is 3. The van der Waals surface area contributed by atoms with Gasteiger partial charge in [-0.3, -0.25) is 14.5 Å². The van der Waals surface area contributed by atoms with Gasteiger partial charge in [0.1, 0.15) is 17.3 Å². The summed E-state index contributed by atoms with van der Waals surface area (Å²) >= 11 is 1.22. The number of aliphatic hydroxyl groups is 1. The van der Waals surface area contributed by atoms with Gasteiger partial charge in [0.25, 0.3) is 5.78 Å². The minimum Gasteiger partial charge on any atom is -0.507 e. The van der Waals surface area contributed by atoms with Gasteiger partial charge in [0.2, 0.25) is 0 Å². The monoisotopic (exact) mass is 532 g/mol. The molecule has 194 valence electrons. The number of hydrogen-bond acceptors (Lipinski definition) is 9. The second-order valence-electron chi connectivity index (χ2n) is 8.39. The van der Waals surface area contributed by atoms with Gasteiger partial charge >= 0.3 is 5.91 Å². The van der Waals surface area contributed by atoms with Crippen LogP contribution < -0.4 is 19.1 Å². The number of methoxy groups -OCH3 is 2. The molecule has 9 nitrogen and oxygen atoms in total. The maximum atomic E-state index is 13.5. The number of ketones is 1. The van der Waals surface area contributed by atoms with Crippen LogP contribution in [0, 0.1) is 0 Å². The number of benzene rings is 3. The number of rotatable bonds is 7. The number of carbonyl (C=O) groups excluding carboxylic acids is 2. The molecule has 0 spiro atoms. The van der Waals surface area contributed by atoms with E-state index in [0.717, 1.165) is 4.70 Å². The summed E-state index contributed by atoms with van der Waals surface area (Å²) in [6, 6.07) is 15.4. The third-order valence-electron chi connectivity index (χ3n) is 6.17. The molecule has 0 radical (unpaired) electrons. The molecule has 1 aliphatic heterocycles. The summed E-state index contributed by atoms with van der Waals surface area (Å²) in [5, 5.41) is 21.8. The van der Waals surface area contributed by atoms with Gasteiger partial charge in [0.05, 0.1) is 42.7 Å². The maximum Gasteiger partial charge on any atom is 0.301 e. The summed E-state index contributed by atoms with van der Waals surface area (Å²) in [5.74, 6) is -0.872. The standard InChI is InChI=1S/C28H24N2O7S/c1-4-37-18-7-5-6-16(12-18)25(32)23-24(15-8-11-20(31)21(13-15)36-3)30(27(34)26(23)33)28-29-19-10-9-17(35-2)14-22(19)38-28/h5-14,24,31-32H,4H2,1-3H3. The summed E-state index contributed by atoms with van der Waals surface area (Å²) in [6.45, 7) is 2.26. The van der Waals surface area contributed by atoms with E-state index in [-0.39, 0.29) is 28.0 Å². The van der Waals surface area contributed by atoms with E-state index in [1.165, 1.54) is 35.5 Å². The molecule has 38 heavy (non-hydrogen) atoms. The molecule has 5 rings (SSSR count). The average molecular weight is 533 g/mol. The van der Waals surface area contributed by atoms with Crippen LogP contribution >= 0.6 is 11.3 Å². The van der Waals surface area contributed by atoms with Gasteiger partial charge in [0.15, 0.2) is 16.6 Å². The number of phenolic OH excluding ortho intramolecular Hbond substituents is 1. The van der Waals surface area contributed by atoms with E-state index in [9.17, 15) is 19.8 Å². The SMILES string of the molecule is CCOc1cccc(C(O)=C2C(=O)C(=O)N(c3nc4ccc(OC)cc4s3)C2c2ccc(O)c(OC)c2)c1. The molecule has 1 aliphatic rings. The fourth-order valence-electron chi connectivity index (χ4n) is 4.39. The van der Waals surface area contributed by atoms with E-state index in [4.69, 9.17) is 14.2 Å². The first kappa shape index (κ1) is 25.1. The molecule has 1 fully saturated rings. The van der Waals surface area contributed by atoms with Crippen LogP contribution in [0.15, 0.2) is 66.2 Å². The van der Waals surface area contributed by atoms with Crippen molar-refractivity contribution in [3.05, 3.63) is 77.4 Å². The smallest absolute Gasteiger partial charge is 0.301 e. The van der Waals surface area contributed by atoms with E-state index in [1.807, 2.05) is 6.92 Å². The number of nitrogens with zero attached hydrogens (tertiary/aromatic N) is 2. The fraction of sp³-hybridized carbons (Fsp3) is 0.179. The third kappa shape index (κ3) is 4.28. The van der Waals surface area contributed by atoms with Crippen molar-refractivity contribution in [2.45, 2.75) is 13.0 Å². The largest absolute Gasteiger partial charge is 0.507 e. The van der Waals surface area contributed by atoms with Crippen LogP contribution in [-0.4, -0.2) is 47.7 Å². The summed E-state index contributed by atoms with van der Waals surface area (Å²) in [6.07, 6.45) is 0. The van der Waals surface area contributed by atoms with E-state index < -0.39 is 17.7 Å². The van der Waals surface area contributed by atoms with Gasteiger partial charge in [-0.1, -0.05) is 29.5 Å². The lowest BCUT2D eigenvalue weighted by Crippen LogP contribution is -2.29. The minimum absolute atomic E-state index is 0.107. The number of amides is 1. The Morgan fingerprint density at radius 1 is 1.03 bits per heavy atom. The number of aromatic nitrogens is 1. The zero-order chi connectivity index (χ0) is 27.0. The van der Waals surface area contributed by atoms with E-state index in [2.05, 4.69) is 4.98 Å². The zero-order valence-electron chi connectivity index (χ0n) is 20.8. The molecule has 0 bridgehead atoms. The van der Waals surface area contributed by atoms with Crippen LogP contribution in [0.2, 0.25) is 0 Å². The van der Waals surface area contributed by atoms with E-state index in [1.54, 1.807) is 55.6 Å². The van der Waals surface area contributed by atoms with Crippen molar-refractivity contribution in [2.24, 2.45) is 0 Å². The predicted molar refractivity (Wildman–Crippen MR) is 143 cm³/mol. The Kier molecular flexibility index (Phi) is 6.64. The minimum atomic E-state index is -1.04. The van der Waals surface area contributed by atoms with E-state index >= 15 is 0 Å². The Labute approximate surface area is 222 Å². The number of anilines is 1. The van der Waals surface area contributed by atoms with Crippen molar-refractivity contribution in [1.82, 2.24) is 4.98 Å². The van der Waals surface area contributed by atoms with Crippen molar-refractivity contribution in [3.63, 3.8) is 0 Å². The Morgan fingerprint density at radius 3 is 2.58 bits per heavy atom. The summed E-state index contributed by atoms with van der Waals surface area (Å²) in [5.41, 5.74) is 1.27. The molecular formula is C28H24N2O7S. The molecule has 10 heteroatoms. The van der Waals surface area contributed by atoms with Gasteiger partial charge < -0.3 is 24.4 Å². The lowest BCUT2D eigenvalue weighted by atomic mass is 9.95. The highest BCUT2D eigenvalue weighted by Crippen LogP contribution is 2.46. The van der Waals surface area contributed by atoms with Gasteiger partial charge in [-0.05, 0) is 55.0 Å². The molecule has 4 aromatic rings. The topological polar surface area (TPSA) is 118 Å². The molecule has 2 N–H and O–H groups in total. The second kappa shape index (κ2) is 10.1.